The zero-order valence-corrected chi connectivity index (χ0v) is 17.9. The van der Waals surface area contributed by atoms with E-state index in [1.54, 1.807) is 6.21 Å². The molecule has 0 radical (unpaired) electrons. The molecule has 5 nitrogen and oxygen atoms in total. The first kappa shape index (κ1) is 19.2. The Labute approximate surface area is 187 Å². The third-order valence-electron chi connectivity index (χ3n) is 5.00. The summed E-state index contributed by atoms with van der Waals surface area (Å²) < 4.78 is 0.964. The predicted octanol–water partition coefficient (Wildman–Crippen LogP) is 6.36. The standard InChI is InChI=1S/C25H17BrN4O/c26-19-12-13-22-21(14-19)23(17-7-2-1-3-8-17)29-25(28-22)30-27-15-18-11-10-16-6-4-5-9-20(16)24(18)31/h1-15,31H,(H,28,29,30). The number of hydrogen-bond acceptors (Lipinski definition) is 5. The van der Waals surface area contributed by atoms with Crippen molar-refractivity contribution in [2.75, 3.05) is 5.43 Å². The molecule has 31 heavy (non-hydrogen) atoms. The lowest BCUT2D eigenvalue weighted by Crippen LogP contribution is -2.00. The average molecular weight is 469 g/mol. The Bertz CT molecular complexity index is 1430. The second-order valence-electron chi connectivity index (χ2n) is 7.02. The fourth-order valence-corrected chi connectivity index (χ4v) is 3.86. The molecule has 0 aliphatic rings. The summed E-state index contributed by atoms with van der Waals surface area (Å²) in [6.45, 7) is 0. The molecular formula is C25H17BrN4O. The van der Waals surface area contributed by atoms with Gasteiger partial charge in [-0.25, -0.2) is 15.4 Å². The minimum Gasteiger partial charge on any atom is -0.507 e. The zero-order valence-electron chi connectivity index (χ0n) is 16.3. The van der Waals surface area contributed by atoms with E-state index in [0.29, 0.717) is 11.5 Å². The van der Waals surface area contributed by atoms with Crippen LogP contribution in [-0.2, 0) is 0 Å². The van der Waals surface area contributed by atoms with Crippen molar-refractivity contribution in [1.82, 2.24) is 9.97 Å². The molecule has 5 rings (SSSR count). The number of phenolic OH excluding ortho intramolecular Hbond substituents is 1. The molecule has 1 aromatic heterocycles. The maximum absolute atomic E-state index is 10.6. The molecule has 0 atom stereocenters. The van der Waals surface area contributed by atoms with Crippen molar-refractivity contribution in [1.29, 1.82) is 0 Å². The van der Waals surface area contributed by atoms with Crippen molar-refractivity contribution < 1.29 is 5.11 Å². The minimum atomic E-state index is 0.193. The van der Waals surface area contributed by atoms with Crippen molar-refractivity contribution in [2.24, 2.45) is 5.10 Å². The summed E-state index contributed by atoms with van der Waals surface area (Å²) in [6, 6.07) is 27.3. The van der Waals surface area contributed by atoms with Gasteiger partial charge < -0.3 is 5.11 Å². The van der Waals surface area contributed by atoms with Gasteiger partial charge in [0.05, 0.1) is 17.4 Å². The highest BCUT2D eigenvalue weighted by atomic mass is 79.9. The van der Waals surface area contributed by atoms with Crippen LogP contribution in [0.3, 0.4) is 0 Å². The highest BCUT2D eigenvalue weighted by Crippen LogP contribution is 2.30. The van der Waals surface area contributed by atoms with Crippen LogP contribution in [0, 0.1) is 0 Å². The van der Waals surface area contributed by atoms with Gasteiger partial charge in [0.2, 0.25) is 5.95 Å². The quantitative estimate of drug-likeness (QED) is 0.237. The van der Waals surface area contributed by atoms with Crippen LogP contribution >= 0.6 is 15.9 Å². The van der Waals surface area contributed by atoms with Crippen LogP contribution in [0.5, 0.6) is 5.75 Å². The van der Waals surface area contributed by atoms with Crippen LogP contribution < -0.4 is 5.43 Å². The second kappa shape index (κ2) is 8.16. The topological polar surface area (TPSA) is 70.4 Å². The first-order chi connectivity index (χ1) is 15.2. The van der Waals surface area contributed by atoms with Crippen LogP contribution in [0.2, 0.25) is 0 Å². The number of hydrazone groups is 1. The molecular weight excluding hydrogens is 452 g/mol. The Hall–Kier alpha value is -3.77. The number of halogens is 1. The largest absolute Gasteiger partial charge is 0.507 e. The highest BCUT2D eigenvalue weighted by molar-refractivity contribution is 9.10. The molecule has 0 saturated heterocycles. The Kier molecular flexibility index (Phi) is 5.06. The normalized spacial score (nSPS) is 11.4. The first-order valence-electron chi connectivity index (χ1n) is 9.71. The Morgan fingerprint density at radius 2 is 1.65 bits per heavy atom. The van der Waals surface area contributed by atoms with Gasteiger partial charge >= 0.3 is 0 Å². The second-order valence-corrected chi connectivity index (χ2v) is 7.93. The fourth-order valence-electron chi connectivity index (χ4n) is 3.50. The number of anilines is 1. The van der Waals surface area contributed by atoms with Gasteiger partial charge in [0.15, 0.2) is 0 Å². The van der Waals surface area contributed by atoms with E-state index in [1.807, 2.05) is 84.9 Å². The molecule has 6 heteroatoms. The zero-order chi connectivity index (χ0) is 21.2. The molecule has 0 fully saturated rings. The summed E-state index contributed by atoms with van der Waals surface area (Å²) in [5, 5.41) is 17.5. The number of aromatic nitrogens is 2. The minimum absolute atomic E-state index is 0.193. The van der Waals surface area contributed by atoms with Crippen molar-refractivity contribution in [3.05, 3.63) is 95.0 Å². The van der Waals surface area contributed by atoms with Gasteiger partial charge in [0.25, 0.3) is 0 Å². The fraction of sp³-hybridized carbons (Fsp3) is 0. The van der Waals surface area contributed by atoms with Crippen molar-refractivity contribution in [2.45, 2.75) is 0 Å². The van der Waals surface area contributed by atoms with E-state index in [-0.39, 0.29) is 5.75 Å². The van der Waals surface area contributed by atoms with Crippen molar-refractivity contribution >= 4 is 49.8 Å². The molecule has 1 heterocycles. The van der Waals surface area contributed by atoms with Crippen LogP contribution in [-0.4, -0.2) is 21.3 Å². The number of rotatable bonds is 4. The van der Waals surface area contributed by atoms with Crippen LogP contribution in [0.15, 0.2) is 94.5 Å². The number of nitrogens with zero attached hydrogens (tertiary/aromatic N) is 3. The lowest BCUT2D eigenvalue weighted by molar-refractivity contribution is 0.481. The van der Waals surface area contributed by atoms with Gasteiger partial charge in [0.1, 0.15) is 5.75 Å². The number of aromatic hydroxyl groups is 1. The Balaban J connectivity index is 1.51. The molecule has 0 bridgehead atoms. The van der Waals surface area contributed by atoms with Crippen LogP contribution in [0.25, 0.3) is 32.9 Å². The molecule has 0 aliphatic carbocycles. The lowest BCUT2D eigenvalue weighted by Gasteiger charge is -2.09. The van der Waals surface area contributed by atoms with Gasteiger partial charge in [0, 0.05) is 26.4 Å². The van der Waals surface area contributed by atoms with Gasteiger partial charge in [-0.05, 0) is 29.7 Å². The highest BCUT2D eigenvalue weighted by Gasteiger charge is 2.10. The monoisotopic (exact) mass is 468 g/mol. The maximum Gasteiger partial charge on any atom is 0.244 e. The van der Waals surface area contributed by atoms with Gasteiger partial charge in [-0.3, -0.25) is 0 Å². The molecule has 0 amide bonds. The van der Waals surface area contributed by atoms with E-state index in [0.717, 1.165) is 37.4 Å². The number of fused-ring (bicyclic) bond motifs is 2. The van der Waals surface area contributed by atoms with Crippen LogP contribution in [0.1, 0.15) is 5.56 Å². The van der Waals surface area contributed by atoms with Gasteiger partial charge in [-0.1, -0.05) is 76.6 Å². The third-order valence-corrected chi connectivity index (χ3v) is 5.50. The molecule has 0 aliphatic heterocycles. The smallest absolute Gasteiger partial charge is 0.244 e. The lowest BCUT2D eigenvalue weighted by atomic mass is 10.1. The van der Waals surface area contributed by atoms with E-state index in [1.165, 1.54) is 0 Å². The summed E-state index contributed by atoms with van der Waals surface area (Å²) in [5.74, 6) is 0.572. The molecule has 0 saturated carbocycles. The first-order valence-corrected chi connectivity index (χ1v) is 10.5. The van der Waals surface area contributed by atoms with E-state index in [2.05, 4.69) is 31.4 Å². The molecule has 0 unspecified atom stereocenters. The number of nitrogens with one attached hydrogen (secondary N) is 1. The average Bonchev–Trinajstić information content (AvgIpc) is 2.81. The summed E-state index contributed by atoms with van der Waals surface area (Å²) >= 11 is 3.53. The molecule has 4 aromatic carbocycles. The maximum atomic E-state index is 10.6. The molecule has 2 N–H and O–H groups in total. The summed E-state index contributed by atoms with van der Waals surface area (Å²) in [4.78, 5) is 9.28. The molecule has 5 aromatic rings. The number of phenols is 1. The number of hydrogen-bond donors (Lipinski definition) is 2. The SMILES string of the molecule is Oc1c(C=NNc2nc(-c3ccccc3)c3cc(Br)ccc3n2)ccc2ccccc12. The van der Waals surface area contributed by atoms with E-state index in [9.17, 15) is 5.11 Å². The van der Waals surface area contributed by atoms with E-state index in [4.69, 9.17) is 4.98 Å². The van der Waals surface area contributed by atoms with Crippen LogP contribution in [0.4, 0.5) is 5.95 Å². The van der Waals surface area contributed by atoms with E-state index < -0.39 is 0 Å². The summed E-state index contributed by atoms with van der Waals surface area (Å²) in [7, 11) is 0. The molecule has 0 spiro atoms. The Morgan fingerprint density at radius 1 is 0.839 bits per heavy atom. The van der Waals surface area contributed by atoms with Gasteiger partial charge in [-0.15, -0.1) is 0 Å². The van der Waals surface area contributed by atoms with E-state index >= 15 is 0 Å². The van der Waals surface area contributed by atoms with Gasteiger partial charge in [-0.2, -0.15) is 5.10 Å². The summed E-state index contributed by atoms with van der Waals surface area (Å²) in [5.41, 5.74) is 6.14. The Morgan fingerprint density at radius 3 is 2.52 bits per heavy atom. The van der Waals surface area contributed by atoms with Crippen molar-refractivity contribution in [3.63, 3.8) is 0 Å². The third kappa shape index (κ3) is 3.85. The molecule has 150 valence electrons. The van der Waals surface area contributed by atoms with Crippen molar-refractivity contribution in [3.8, 4) is 17.0 Å². The predicted molar refractivity (Wildman–Crippen MR) is 130 cm³/mol. The number of benzene rings is 4. The summed E-state index contributed by atoms with van der Waals surface area (Å²) in [6.07, 6.45) is 1.57.